The van der Waals surface area contributed by atoms with Crippen molar-refractivity contribution in [3.05, 3.63) is 23.3 Å². The summed E-state index contributed by atoms with van der Waals surface area (Å²) in [4.78, 5) is 0. The number of rotatable bonds is 3. The van der Waals surface area contributed by atoms with Gasteiger partial charge >= 0.3 is 6.61 Å². The van der Waals surface area contributed by atoms with Crippen LogP contribution < -0.4 is 10.5 Å². The molecule has 80 valence electrons. The van der Waals surface area contributed by atoms with Crippen LogP contribution in [0.2, 0.25) is 0 Å². The number of benzene rings is 1. The second kappa shape index (κ2) is 4.60. The average molecular weight is 212 g/mol. The van der Waals surface area contributed by atoms with Gasteiger partial charge in [-0.3, -0.25) is 0 Å². The second-order valence-corrected chi connectivity index (χ2v) is 2.89. The van der Waals surface area contributed by atoms with E-state index in [0.29, 0.717) is 12.1 Å². The smallest absolute Gasteiger partial charge is 0.387 e. The molecule has 0 aliphatic rings. The maximum atomic E-state index is 12.0. The van der Waals surface area contributed by atoms with Crippen molar-refractivity contribution in [1.29, 1.82) is 5.26 Å². The highest BCUT2D eigenvalue weighted by atomic mass is 19.3. The third kappa shape index (κ3) is 2.56. The van der Waals surface area contributed by atoms with E-state index in [4.69, 9.17) is 11.0 Å². The van der Waals surface area contributed by atoms with Gasteiger partial charge in [0.25, 0.3) is 0 Å². The zero-order valence-electron chi connectivity index (χ0n) is 8.13. The predicted molar refractivity (Wildman–Crippen MR) is 51.6 cm³/mol. The number of nitrogens with two attached hydrogens (primary N) is 1. The number of hydrogen-bond donors (Lipinski definition) is 1. The van der Waals surface area contributed by atoms with Crippen LogP contribution in [0.3, 0.4) is 0 Å². The zero-order valence-corrected chi connectivity index (χ0v) is 8.13. The quantitative estimate of drug-likeness (QED) is 0.782. The van der Waals surface area contributed by atoms with Crippen LogP contribution in [0.1, 0.15) is 18.1 Å². The number of aryl methyl sites for hydroxylation is 1. The molecule has 15 heavy (non-hydrogen) atoms. The predicted octanol–water partition coefficient (Wildman–Crippen LogP) is 2.30. The Morgan fingerprint density at radius 1 is 1.53 bits per heavy atom. The summed E-state index contributed by atoms with van der Waals surface area (Å²) in [5.74, 6) is -0.179. The van der Waals surface area contributed by atoms with Gasteiger partial charge in [0.05, 0.1) is 5.56 Å². The molecule has 0 aliphatic heterocycles. The standard InChI is InChI=1S/C10H10F2N2O/c1-2-6-3-7(5-13)9(4-8(6)14)15-10(11)12/h3-4,10H,2,14H2,1H3. The molecular formula is C10H10F2N2O. The van der Waals surface area contributed by atoms with Crippen LogP contribution >= 0.6 is 0 Å². The number of nitrogen functional groups attached to an aromatic ring is 1. The van der Waals surface area contributed by atoms with E-state index in [-0.39, 0.29) is 11.3 Å². The lowest BCUT2D eigenvalue weighted by Gasteiger charge is -2.09. The first-order chi connectivity index (χ1) is 7.08. The van der Waals surface area contributed by atoms with Gasteiger partial charge in [-0.25, -0.2) is 0 Å². The van der Waals surface area contributed by atoms with Gasteiger partial charge in [-0.1, -0.05) is 6.92 Å². The van der Waals surface area contributed by atoms with E-state index in [9.17, 15) is 8.78 Å². The molecule has 0 atom stereocenters. The molecule has 0 bridgehead atoms. The van der Waals surface area contributed by atoms with Crippen molar-refractivity contribution in [2.45, 2.75) is 20.0 Å². The van der Waals surface area contributed by atoms with E-state index in [1.165, 1.54) is 12.1 Å². The molecule has 3 nitrogen and oxygen atoms in total. The maximum absolute atomic E-state index is 12.0. The van der Waals surface area contributed by atoms with E-state index in [2.05, 4.69) is 4.74 Å². The Hall–Kier alpha value is -1.83. The molecule has 0 heterocycles. The summed E-state index contributed by atoms with van der Waals surface area (Å²) in [7, 11) is 0. The number of nitriles is 1. The van der Waals surface area contributed by atoms with Gasteiger partial charge in [0, 0.05) is 11.8 Å². The van der Waals surface area contributed by atoms with Gasteiger partial charge in [-0.05, 0) is 18.1 Å². The monoisotopic (exact) mass is 212 g/mol. The highest BCUT2D eigenvalue weighted by Crippen LogP contribution is 2.26. The SMILES string of the molecule is CCc1cc(C#N)c(OC(F)F)cc1N. The summed E-state index contributed by atoms with van der Waals surface area (Å²) in [6, 6.07) is 4.51. The van der Waals surface area contributed by atoms with Crippen molar-refractivity contribution < 1.29 is 13.5 Å². The van der Waals surface area contributed by atoms with Crippen LogP contribution in [-0.4, -0.2) is 6.61 Å². The number of ether oxygens (including phenoxy) is 1. The number of halogens is 2. The fourth-order valence-electron chi connectivity index (χ4n) is 1.23. The Morgan fingerprint density at radius 3 is 2.67 bits per heavy atom. The molecule has 0 unspecified atom stereocenters. The third-order valence-corrected chi connectivity index (χ3v) is 1.96. The lowest BCUT2D eigenvalue weighted by Crippen LogP contribution is -2.05. The van der Waals surface area contributed by atoms with Crippen LogP contribution in [0, 0.1) is 11.3 Å². The fourth-order valence-corrected chi connectivity index (χ4v) is 1.23. The molecule has 0 spiro atoms. The van der Waals surface area contributed by atoms with Gasteiger partial charge in [0.1, 0.15) is 11.8 Å². The van der Waals surface area contributed by atoms with Gasteiger partial charge in [-0.2, -0.15) is 14.0 Å². The minimum Gasteiger partial charge on any atom is -0.433 e. The van der Waals surface area contributed by atoms with Crippen molar-refractivity contribution >= 4 is 5.69 Å². The van der Waals surface area contributed by atoms with Gasteiger partial charge < -0.3 is 10.5 Å². The Morgan fingerprint density at radius 2 is 2.20 bits per heavy atom. The fraction of sp³-hybridized carbons (Fsp3) is 0.300. The summed E-state index contributed by atoms with van der Waals surface area (Å²) < 4.78 is 28.1. The van der Waals surface area contributed by atoms with Crippen molar-refractivity contribution in [2.75, 3.05) is 5.73 Å². The number of hydrogen-bond acceptors (Lipinski definition) is 3. The number of anilines is 1. The maximum Gasteiger partial charge on any atom is 0.387 e. The van der Waals surface area contributed by atoms with Crippen LogP contribution in [0.15, 0.2) is 12.1 Å². The van der Waals surface area contributed by atoms with E-state index >= 15 is 0 Å². The summed E-state index contributed by atoms with van der Waals surface area (Å²) in [6.45, 7) is -1.09. The molecule has 0 saturated carbocycles. The minimum absolute atomic E-state index is 0.0707. The summed E-state index contributed by atoms with van der Waals surface area (Å²) in [5.41, 5.74) is 6.77. The first-order valence-corrected chi connectivity index (χ1v) is 4.35. The summed E-state index contributed by atoms with van der Waals surface area (Å²) in [6.07, 6.45) is 0.634. The molecule has 0 amide bonds. The van der Waals surface area contributed by atoms with Crippen molar-refractivity contribution in [1.82, 2.24) is 0 Å². The topological polar surface area (TPSA) is 59.0 Å². The van der Waals surface area contributed by atoms with Crippen molar-refractivity contribution in [2.24, 2.45) is 0 Å². The van der Waals surface area contributed by atoms with Crippen LogP contribution in [0.5, 0.6) is 5.75 Å². The molecule has 1 rings (SSSR count). The molecule has 1 aromatic rings. The van der Waals surface area contributed by atoms with Gasteiger partial charge in [0.2, 0.25) is 0 Å². The van der Waals surface area contributed by atoms with Crippen LogP contribution in [0.4, 0.5) is 14.5 Å². The Kier molecular flexibility index (Phi) is 3.45. The van der Waals surface area contributed by atoms with Crippen LogP contribution in [-0.2, 0) is 6.42 Å². The molecular weight excluding hydrogens is 202 g/mol. The third-order valence-electron chi connectivity index (χ3n) is 1.96. The Balaban J connectivity index is 3.17. The summed E-state index contributed by atoms with van der Waals surface area (Å²) in [5, 5.41) is 8.73. The lowest BCUT2D eigenvalue weighted by atomic mass is 10.1. The van der Waals surface area contributed by atoms with E-state index < -0.39 is 6.61 Å². The lowest BCUT2D eigenvalue weighted by molar-refractivity contribution is -0.0499. The number of alkyl halides is 2. The molecule has 5 heteroatoms. The van der Waals surface area contributed by atoms with Crippen molar-refractivity contribution in [3.63, 3.8) is 0 Å². The molecule has 0 saturated heterocycles. The van der Waals surface area contributed by atoms with Crippen molar-refractivity contribution in [3.8, 4) is 11.8 Å². The highest BCUT2D eigenvalue weighted by molar-refractivity contribution is 5.58. The van der Waals surface area contributed by atoms with E-state index in [1.54, 1.807) is 6.07 Å². The molecule has 0 radical (unpaired) electrons. The first kappa shape index (κ1) is 11.2. The zero-order chi connectivity index (χ0) is 11.4. The van der Waals surface area contributed by atoms with Gasteiger partial charge in [0.15, 0.2) is 0 Å². The highest BCUT2D eigenvalue weighted by Gasteiger charge is 2.12. The largest absolute Gasteiger partial charge is 0.433 e. The molecule has 0 aliphatic carbocycles. The Bertz CT molecular complexity index is 399. The second-order valence-electron chi connectivity index (χ2n) is 2.89. The number of nitrogens with zero attached hydrogens (tertiary/aromatic N) is 1. The molecule has 2 N–H and O–H groups in total. The van der Waals surface area contributed by atoms with Crippen LogP contribution in [0.25, 0.3) is 0 Å². The average Bonchev–Trinajstić information content (AvgIpc) is 2.17. The van der Waals surface area contributed by atoms with E-state index in [1.807, 2.05) is 6.92 Å². The summed E-state index contributed by atoms with van der Waals surface area (Å²) >= 11 is 0. The minimum atomic E-state index is -2.95. The molecule has 1 aromatic carbocycles. The van der Waals surface area contributed by atoms with E-state index in [0.717, 1.165) is 5.56 Å². The molecule has 0 aromatic heterocycles. The molecule has 0 fully saturated rings. The normalized spacial score (nSPS) is 10.1. The van der Waals surface area contributed by atoms with Gasteiger partial charge in [-0.15, -0.1) is 0 Å². The Labute approximate surface area is 86.1 Å². The first-order valence-electron chi connectivity index (χ1n) is 4.35.